The number of rotatable bonds is 5. The predicted octanol–water partition coefficient (Wildman–Crippen LogP) is 2.28. The first-order valence-corrected chi connectivity index (χ1v) is 10.4. The van der Waals surface area contributed by atoms with Crippen LogP contribution in [-0.4, -0.2) is 12.2 Å². The molecule has 0 N–H and O–H groups in total. The Labute approximate surface area is 188 Å². The Hall–Kier alpha value is -1.63. The van der Waals surface area contributed by atoms with Gasteiger partial charge in [0.15, 0.2) is 0 Å². The van der Waals surface area contributed by atoms with Crippen LogP contribution in [0.3, 0.4) is 0 Å². The summed E-state index contributed by atoms with van der Waals surface area (Å²) in [5.41, 5.74) is 0. The molecule has 154 valence electrons. The summed E-state index contributed by atoms with van der Waals surface area (Å²) in [5.74, 6) is 0. The Balaban J connectivity index is 0.000000675. The zero-order chi connectivity index (χ0) is 20.8. The molecule has 0 aromatic heterocycles. The molecule has 0 saturated heterocycles. The van der Waals surface area contributed by atoms with Crippen molar-refractivity contribution in [1.82, 2.24) is 0 Å². The fraction of sp³-hybridized carbons (Fsp3) is 0.208. The van der Waals surface area contributed by atoms with E-state index in [1.54, 1.807) is 0 Å². The van der Waals surface area contributed by atoms with Crippen LogP contribution in [0.25, 0.3) is 0 Å². The van der Waals surface area contributed by atoms with Gasteiger partial charge in [-0.1, -0.05) is 111 Å². The first kappa shape index (κ1) is 27.4. The van der Waals surface area contributed by atoms with Gasteiger partial charge in [-0.25, -0.2) is 0 Å². The summed E-state index contributed by atoms with van der Waals surface area (Å²) in [6.07, 6.45) is -1.13. The minimum atomic E-state index is -0.688. The zero-order valence-electron chi connectivity index (χ0n) is 16.5. The van der Waals surface area contributed by atoms with Crippen LogP contribution in [0.5, 0.6) is 0 Å². The van der Waals surface area contributed by atoms with E-state index >= 15 is 0 Å². The molecule has 0 amide bonds. The summed E-state index contributed by atoms with van der Waals surface area (Å²) in [6.45, 7) is 7.52. The quantitative estimate of drug-likeness (QED) is 0.310. The molecule has 3 aromatic carbocycles. The average Bonchev–Trinajstić information content (AvgIpc) is 2.72. The molecule has 0 spiro atoms. The Kier molecular flexibility index (Phi) is 15.3. The predicted molar refractivity (Wildman–Crippen MR) is 113 cm³/mol. The average molecular weight is 495 g/mol. The molecule has 2 unspecified atom stereocenters. The minimum Gasteiger partial charge on any atom is -0.0622 e. The molecule has 3 aromatic rings. The summed E-state index contributed by atoms with van der Waals surface area (Å²) < 4.78 is 7.50. The normalized spacial score (nSPS) is 11.6. The fourth-order valence-corrected chi connectivity index (χ4v) is 4.95. The molecule has 3 nitrogen and oxygen atoms in total. The van der Waals surface area contributed by atoms with Crippen molar-refractivity contribution in [3.8, 4) is 0 Å². The van der Waals surface area contributed by atoms with E-state index in [0.717, 1.165) is 0 Å². The third kappa shape index (κ3) is 10.6. The number of hydrogen-bond donors (Lipinski definition) is 0. The van der Waals surface area contributed by atoms with Crippen LogP contribution in [0.4, 0.5) is 0 Å². The molecule has 2 atom stereocenters. The van der Waals surface area contributed by atoms with E-state index < -0.39 is 20.1 Å². The van der Waals surface area contributed by atoms with Crippen LogP contribution in [0.15, 0.2) is 91.0 Å². The summed E-state index contributed by atoms with van der Waals surface area (Å²) >= 11 is 0. The van der Waals surface area contributed by atoms with Crippen LogP contribution in [0.1, 0.15) is 20.3 Å². The van der Waals surface area contributed by atoms with Gasteiger partial charge in [0.05, 0.1) is 0 Å². The Morgan fingerprint density at radius 1 is 0.655 bits per heavy atom. The van der Waals surface area contributed by atoms with Gasteiger partial charge in [-0.15, -0.1) is 12.2 Å². The van der Waals surface area contributed by atoms with Crippen molar-refractivity contribution < 1.29 is 34.3 Å². The van der Waals surface area contributed by atoms with Gasteiger partial charge in [0, 0.05) is 19.5 Å². The first-order chi connectivity index (χ1) is 13.6. The fourth-order valence-electron chi connectivity index (χ4n) is 2.65. The molecular weight excluding hydrogens is 470 g/mol. The first-order valence-electron chi connectivity index (χ1n) is 9.05. The van der Waals surface area contributed by atoms with Crippen LogP contribution in [0, 0.1) is 6.65 Å². The SMILES string of the molecule is CC([O-])CC(C)[O-].[C]#[O+].[Rh].c1ccc(P(c2ccccc2)c2ccccc2)cc1. The molecular formula is C24H25O3PRh-. The summed E-state index contributed by atoms with van der Waals surface area (Å²) in [7, 11) is -0.446. The monoisotopic (exact) mass is 495 g/mol. The van der Waals surface area contributed by atoms with E-state index in [2.05, 4.69) is 97.6 Å². The van der Waals surface area contributed by atoms with Crippen molar-refractivity contribution in [2.45, 2.75) is 32.5 Å². The van der Waals surface area contributed by atoms with Crippen LogP contribution < -0.4 is 26.1 Å². The summed E-state index contributed by atoms with van der Waals surface area (Å²) in [6, 6.07) is 32.3. The van der Waals surface area contributed by atoms with Crippen molar-refractivity contribution in [2.24, 2.45) is 0 Å². The maximum absolute atomic E-state index is 10.1. The molecule has 5 heteroatoms. The topological polar surface area (TPSA) is 66.0 Å². The van der Waals surface area contributed by atoms with E-state index in [1.807, 2.05) is 0 Å². The molecule has 0 saturated carbocycles. The van der Waals surface area contributed by atoms with Crippen molar-refractivity contribution >= 4 is 23.8 Å². The standard InChI is InChI=1S/C18H15P.C5H10O2.CO.Rh/c1-4-10-16(11-5-1)19(17-12-6-2-7-13-17)18-14-8-3-9-15-18;1-4(6)3-5(2)7;1-2;/h1-15H;4-5H,3H2,1-2H3;;/q;-2;+1;. The van der Waals surface area contributed by atoms with E-state index in [1.165, 1.54) is 29.8 Å². The van der Waals surface area contributed by atoms with Crippen LogP contribution in [0.2, 0.25) is 0 Å². The third-order valence-electron chi connectivity index (χ3n) is 3.71. The van der Waals surface area contributed by atoms with Gasteiger partial charge >= 0.3 is 11.3 Å². The van der Waals surface area contributed by atoms with Gasteiger partial charge in [0.1, 0.15) is 0 Å². The van der Waals surface area contributed by atoms with E-state index in [9.17, 15) is 10.2 Å². The summed E-state index contributed by atoms with van der Waals surface area (Å²) in [4.78, 5) is 0. The third-order valence-corrected chi connectivity index (χ3v) is 6.15. The van der Waals surface area contributed by atoms with Gasteiger partial charge < -0.3 is 10.2 Å². The van der Waals surface area contributed by atoms with Crippen LogP contribution in [-0.2, 0) is 24.1 Å². The molecule has 0 fully saturated rings. The van der Waals surface area contributed by atoms with Gasteiger partial charge in [-0.2, -0.15) is 0 Å². The second kappa shape index (κ2) is 16.2. The Morgan fingerprint density at radius 2 is 0.897 bits per heavy atom. The molecule has 0 aliphatic carbocycles. The van der Waals surface area contributed by atoms with Gasteiger partial charge in [-0.05, 0) is 23.8 Å². The van der Waals surface area contributed by atoms with E-state index in [0.29, 0.717) is 0 Å². The number of benzene rings is 3. The Morgan fingerprint density at radius 3 is 1.07 bits per heavy atom. The molecule has 0 aliphatic rings. The van der Waals surface area contributed by atoms with Crippen molar-refractivity contribution in [1.29, 1.82) is 0 Å². The van der Waals surface area contributed by atoms with E-state index in [-0.39, 0.29) is 25.9 Å². The molecule has 0 bridgehead atoms. The second-order valence-electron chi connectivity index (χ2n) is 6.20. The molecule has 2 radical (unpaired) electrons. The minimum absolute atomic E-state index is 0. The van der Waals surface area contributed by atoms with Gasteiger partial charge in [0.2, 0.25) is 0 Å². The maximum atomic E-state index is 10.1. The van der Waals surface area contributed by atoms with Crippen molar-refractivity contribution in [3.63, 3.8) is 0 Å². The van der Waals surface area contributed by atoms with Gasteiger partial charge in [0.25, 0.3) is 0 Å². The van der Waals surface area contributed by atoms with Crippen molar-refractivity contribution in [3.05, 3.63) is 97.6 Å². The van der Waals surface area contributed by atoms with Gasteiger partial charge in [-0.3, -0.25) is 0 Å². The molecule has 29 heavy (non-hydrogen) atoms. The molecule has 3 rings (SSSR count). The van der Waals surface area contributed by atoms with Crippen LogP contribution >= 0.6 is 7.92 Å². The second-order valence-corrected chi connectivity index (χ2v) is 8.42. The zero-order valence-corrected chi connectivity index (χ0v) is 19.1. The largest absolute Gasteiger partial charge is 0.0622 e. The smallest absolute Gasteiger partial charge is 0 e. The maximum Gasteiger partial charge on any atom is 0 e. The molecule has 0 heterocycles. The molecule has 0 aliphatic heterocycles. The number of hydrogen-bond acceptors (Lipinski definition) is 2. The van der Waals surface area contributed by atoms with E-state index in [4.69, 9.17) is 4.65 Å². The Bertz CT molecular complexity index is 678. The summed E-state index contributed by atoms with van der Waals surface area (Å²) in [5, 5.41) is 24.5. The van der Waals surface area contributed by atoms with Crippen molar-refractivity contribution in [2.75, 3.05) is 0 Å².